The van der Waals surface area contributed by atoms with Crippen molar-refractivity contribution in [1.29, 1.82) is 0 Å². The Kier molecular flexibility index (Phi) is 4.99. The summed E-state index contributed by atoms with van der Waals surface area (Å²) in [5.74, 6) is -0.339. The highest BCUT2D eigenvalue weighted by Gasteiger charge is 2.19. The predicted octanol–water partition coefficient (Wildman–Crippen LogP) is 0.482. The molecule has 22 heavy (non-hydrogen) atoms. The minimum atomic E-state index is -0.514. The molecule has 0 aliphatic carbocycles. The summed E-state index contributed by atoms with van der Waals surface area (Å²) in [6.45, 7) is 1.42. The number of carbonyl (C=O) groups is 2. The van der Waals surface area contributed by atoms with Crippen LogP contribution in [0.4, 0.5) is 11.4 Å². The van der Waals surface area contributed by atoms with Crippen LogP contribution in [-0.4, -0.2) is 22.8 Å². The zero-order chi connectivity index (χ0) is 16.1. The number of aryl methyl sites for hydroxylation is 1. The third-order valence-electron chi connectivity index (χ3n) is 2.58. The molecule has 8 nitrogen and oxygen atoms in total. The number of H-pyrrole nitrogens is 1. The second-order valence-electron chi connectivity index (χ2n) is 4.44. The van der Waals surface area contributed by atoms with Crippen molar-refractivity contribution in [2.75, 3.05) is 16.4 Å². The number of carbonyl (C=O) groups excluding carboxylic acids is 2. The fourth-order valence-electron chi connectivity index (χ4n) is 1.66. The Hall–Kier alpha value is -2.55. The van der Waals surface area contributed by atoms with Gasteiger partial charge in [0.25, 0.3) is 0 Å². The van der Waals surface area contributed by atoms with E-state index < -0.39 is 5.63 Å². The van der Waals surface area contributed by atoms with Gasteiger partial charge in [-0.1, -0.05) is 4.68 Å². The average molecular weight is 323 g/mol. The van der Waals surface area contributed by atoms with E-state index in [1.54, 1.807) is 31.3 Å². The van der Waals surface area contributed by atoms with E-state index >= 15 is 0 Å². The maximum atomic E-state index is 11.8. The first kappa shape index (κ1) is 15.8. The maximum absolute atomic E-state index is 11.8. The van der Waals surface area contributed by atoms with Crippen LogP contribution in [0.1, 0.15) is 6.92 Å². The molecule has 0 aliphatic rings. The lowest BCUT2D eigenvalue weighted by Crippen LogP contribution is -2.34. The fourth-order valence-corrected chi connectivity index (χ4v) is 2.39. The molecule has 0 radical (unpaired) electrons. The standard InChI is InChI=1S/C13H14N4O4S/c1-8(18)14-9-3-5-10(6-4-9)15-11(19)7-22-12-13(20)21-16-17(12)2/h3-6,16,20H,7H2,1-2H3/p+1. The summed E-state index contributed by atoms with van der Waals surface area (Å²) in [5.41, 5.74) is 0.738. The Morgan fingerprint density at radius 3 is 2.32 bits per heavy atom. The summed E-state index contributed by atoms with van der Waals surface area (Å²) in [5, 5.41) is 8.02. The first-order valence-electron chi connectivity index (χ1n) is 6.33. The monoisotopic (exact) mass is 323 g/mol. The zero-order valence-electron chi connectivity index (χ0n) is 12.0. The number of thioether (sulfide) groups is 1. The summed E-state index contributed by atoms with van der Waals surface area (Å²) in [6, 6.07) is 6.73. The lowest BCUT2D eigenvalue weighted by Gasteiger charge is -2.06. The number of rotatable bonds is 5. The van der Waals surface area contributed by atoms with Gasteiger partial charge in [-0.05, 0) is 41.3 Å². The van der Waals surface area contributed by atoms with Crippen LogP contribution in [0.2, 0.25) is 0 Å². The third-order valence-corrected chi connectivity index (χ3v) is 3.70. The molecule has 0 fully saturated rings. The van der Waals surface area contributed by atoms with Crippen molar-refractivity contribution in [2.24, 2.45) is 7.05 Å². The van der Waals surface area contributed by atoms with E-state index in [-0.39, 0.29) is 17.6 Å². The Morgan fingerprint density at radius 2 is 1.82 bits per heavy atom. The van der Waals surface area contributed by atoms with E-state index in [1.807, 2.05) is 0 Å². The van der Waals surface area contributed by atoms with E-state index in [0.29, 0.717) is 16.4 Å². The molecule has 0 bridgehead atoms. The van der Waals surface area contributed by atoms with Crippen LogP contribution in [-0.2, 0) is 16.6 Å². The lowest BCUT2D eigenvalue weighted by atomic mass is 10.3. The van der Waals surface area contributed by atoms with Gasteiger partial charge in [0.1, 0.15) is 0 Å². The first-order valence-corrected chi connectivity index (χ1v) is 7.32. The Balaban J connectivity index is 1.89. The van der Waals surface area contributed by atoms with E-state index in [4.69, 9.17) is 0 Å². The minimum Gasteiger partial charge on any atom is -0.326 e. The summed E-state index contributed by atoms with van der Waals surface area (Å²) in [6.07, 6.45) is 0. The number of nitrogens with one attached hydrogen (secondary N) is 3. The van der Waals surface area contributed by atoms with Crippen molar-refractivity contribution in [3.63, 3.8) is 0 Å². The Labute approximate surface area is 129 Å². The fraction of sp³-hybridized carbons (Fsp3) is 0.231. The number of amides is 2. The van der Waals surface area contributed by atoms with Gasteiger partial charge in [-0.2, -0.15) is 0 Å². The molecule has 1 aromatic carbocycles. The number of nitrogens with zero attached hydrogens (tertiary/aromatic N) is 1. The molecule has 0 saturated heterocycles. The Morgan fingerprint density at radius 1 is 1.23 bits per heavy atom. The number of anilines is 2. The smallest absolute Gasteiger partial charge is 0.326 e. The van der Waals surface area contributed by atoms with Gasteiger partial charge in [-0.15, -0.1) is 0 Å². The van der Waals surface area contributed by atoms with Gasteiger partial charge in [0, 0.05) is 18.3 Å². The van der Waals surface area contributed by atoms with Gasteiger partial charge >= 0.3 is 10.7 Å². The van der Waals surface area contributed by atoms with Crippen molar-refractivity contribution in [3.8, 4) is 0 Å². The molecule has 2 rings (SSSR count). The third kappa shape index (κ3) is 4.22. The molecule has 3 N–H and O–H groups in total. The van der Waals surface area contributed by atoms with Crippen molar-refractivity contribution in [2.45, 2.75) is 11.9 Å². The maximum Gasteiger partial charge on any atom is 0.441 e. The number of benzene rings is 1. The van der Waals surface area contributed by atoms with Crippen molar-refractivity contribution in [1.82, 2.24) is 5.27 Å². The largest absolute Gasteiger partial charge is 0.441 e. The van der Waals surface area contributed by atoms with E-state index in [2.05, 4.69) is 20.4 Å². The number of aromatic nitrogens is 2. The van der Waals surface area contributed by atoms with Gasteiger partial charge in [0.05, 0.1) is 5.75 Å². The molecule has 1 heterocycles. The molecule has 2 aromatic rings. The first-order chi connectivity index (χ1) is 10.5. The van der Waals surface area contributed by atoms with Crippen molar-refractivity contribution in [3.05, 3.63) is 34.7 Å². The van der Waals surface area contributed by atoms with Crippen LogP contribution in [0, 0.1) is 0 Å². The van der Waals surface area contributed by atoms with Gasteiger partial charge in [-0.25, -0.2) is 4.79 Å². The normalized spacial score (nSPS) is 10.3. The molecule has 1 aromatic heterocycles. The van der Waals surface area contributed by atoms with Gasteiger partial charge < -0.3 is 10.6 Å². The van der Waals surface area contributed by atoms with Crippen LogP contribution in [0.3, 0.4) is 0 Å². The molecule has 9 heteroatoms. The lowest BCUT2D eigenvalue weighted by molar-refractivity contribution is -0.772. The topological polar surface area (TPSA) is 108 Å². The highest BCUT2D eigenvalue weighted by Crippen LogP contribution is 2.14. The van der Waals surface area contributed by atoms with Crippen LogP contribution in [0.5, 0.6) is 0 Å². The number of hydrogen-bond acceptors (Lipinski definition) is 5. The molecule has 0 aliphatic heterocycles. The second kappa shape index (κ2) is 6.94. The van der Waals surface area contributed by atoms with E-state index in [0.717, 1.165) is 11.8 Å². The molecule has 116 valence electrons. The molecule has 0 saturated carbocycles. The summed E-state index contributed by atoms with van der Waals surface area (Å²) in [4.78, 5) is 34.1. The Bertz CT molecular complexity index is 735. The van der Waals surface area contributed by atoms with Gasteiger partial charge in [0.15, 0.2) is 7.05 Å². The van der Waals surface area contributed by atoms with Gasteiger partial charge in [0.2, 0.25) is 11.8 Å². The number of hydrogen-bond donors (Lipinski definition) is 3. The van der Waals surface area contributed by atoms with Crippen LogP contribution >= 0.6 is 11.8 Å². The average Bonchev–Trinajstić information content (AvgIpc) is 2.77. The molecule has 0 atom stereocenters. The molecule has 0 unspecified atom stereocenters. The molecular weight excluding hydrogens is 308 g/mol. The molecule has 2 amide bonds. The number of aromatic amines is 1. The van der Waals surface area contributed by atoms with Crippen LogP contribution in [0.15, 0.2) is 38.6 Å². The van der Waals surface area contributed by atoms with Gasteiger partial charge in [-0.3, -0.25) is 14.1 Å². The minimum absolute atomic E-state index is 0.0733. The quantitative estimate of drug-likeness (QED) is 0.548. The summed E-state index contributed by atoms with van der Waals surface area (Å²) < 4.78 is 5.99. The van der Waals surface area contributed by atoms with Crippen LogP contribution < -0.4 is 20.9 Å². The molecule has 0 spiro atoms. The SMILES string of the molecule is CC(=O)Nc1ccc(NC(=O)CSc2c(=O)o[nH][n+]2C)cc1. The van der Waals surface area contributed by atoms with Crippen molar-refractivity contribution >= 4 is 35.0 Å². The van der Waals surface area contributed by atoms with Crippen molar-refractivity contribution < 1.29 is 18.8 Å². The highest BCUT2D eigenvalue weighted by molar-refractivity contribution is 7.99. The second-order valence-corrected chi connectivity index (χ2v) is 5.40. The summed E-state index contributed by atoms with van der Waals surface area (Å²) in [7, 11) is 1.62. The highest BCUT2D eigenvalue weighted by atomic mass is 32.2. The summed E-state index contributed by atoms with van der Waals surface area (Å²) >= 11 is 1.08. The zero-order valence-corrected chi connectivity index (χ0v) is 12.8. The molecular formula is C13H15N4O4S+. The van der Waals surface area contributed by atoms with E-state index in [1.165, 1.54) is 11.6 Å². The van der Waals surface area contributed by atoms with E-state index in [9.17, 15) is 14.4 Å². The predicted molar refractivity (Wildman–Crippen MR) is 80.6 cm³/mol. The van der Waals surface area contributed by atoms with Crippen LogP contribution in [0.25, 0.3) is 0 Å².